The van der Waals surface area contributed by atoms with E-state index in [1.807, 2.05) is 77.4 Å². The van der Waals surface area contributed by atoms with Crippen LogP contribution in [0.15, 0.2) is 248 Å². The van der Waals surface area contributed by atoms with Crippen molar-refractivity contribution in [2.24, 2.45) is 0 Å². The van der Waals surface area contributed by atoms with Crippen molar-refractivity contribution >= 4 is 28.5 Å². The monoisotopic (exact) mass is 1420 g/mol. The minimum Gasteiger partial charge on any atom is -0.508 e. The van der Waals surface area contributed by atoms with E-state index in [0.717, 1.165) is 73.1 Å². The Balaban J connectivity index is 0.000000159. The molecule has 8 aromatic carbocycles. The van der Waals surface area contributed by atoms with Gasteiger partial charge in [-0.3, -0.25) is 34.4 Å². The maximum atomic E-state index is 14.1. The number of halogens is 6. The van der Waals surface area contributed by atoms with Gasteiger partial charge in [0.1, 0.15) is 56.2 Å². The van der Waals surface area contributed by atoms with E-state index < -0.39 is 11.7 Å². The predicted molar refractivity (Wildman–Crippen MR) is 387 cm³/mol. The van der Waals surface area contributed by atoms with Crippen LogP contribution in [0.5, 0.6) is 23.0 Å². The van der Waals surface area contributed by atoms with Crippen molar-refractivity contribution in [1.29, 1.82) is 0 Å². The molecule has 21 heteroatoms. The number of alkyl halides is 3. The molecule has 0 amide bonds. The van der Waals surface area contributed by atoms with Crippen LogP contribution in [0.2, 0.25) is 0 Å². The lowest BCUT2D eigenvalue weighted by Gasteiger charge is -2.23. The molecular formula is C81H78F6N8O5S2. The van der Waals surface area contributed by atoms with E-state index in [1.54, 1.807) is 58.3 Å². The normalized spacial score (nSPS) is 11.2. The summed E-state index contributed by atoms with van der Waals surface area (Å²) < 4.78 is 79.4. The zero-order chi connectivity index (χ0) is 72.4. The van der Waals surface area contributed by atoms with Gasteiger partial charge in [-0.25, -0.2) is 23.1 Å². The molecule has 0 saturated heterocycles. The molecule has 102 heavy (non-hydrogen) atoms. The Hall–Kier alpha value is -10.4. The van der Waals surface area contributed by atoms with Crippen molar-refractivity contribution in [3.63, 3.8) is 0 Å². The van der Waals surface area contributed by atoms with Gasteiger partial charge in [-0.2, -0.15) is 13.2 Å². The topological polar surface area (TPSA) is 163 Å². The van der Waals surface area contributed by atoms with Gasteiger partial charge in [-0.05, 0) is 150 Å². The number of carbonyl (C=O) groups is 1. The van der Waals surface area contributed by atoms with E-state index in [9.17, 15) is 51.6 Å². The summed E-state index contributed by atoms with van der Waals surface area (Å²) in [5, 5.41) is 44.9. The average molecular weight is 1420 g/mol. The lowest BCUT2D eigenvalue weighted by atomic mass is 10.1. The molecule has 0 bridgehead atoms. The maximum Gasteiger partial charge on any atom is 0.416 e. The highest BCUT2D eigenvalue weighted by atomic mass is 32.1. The Morgan fingerprint density at radius 1 is 0.412 bits per heavy atom. The third-order valence-electron chi connectivity index (χ3n) is 16.0. The van der Waals surface area contributed by atoms with Gasteiger partial charge in [0.25, 0.3) is 0 Å². The molecule has 0 aliphatic rings. The van der Waals surface area contributed by atoms with Gasteiger partial charge in [0.2, 0.25) is 0 Å². The van der Waals surface area contributed by atoms with Gasteiger partial charge in [0.05, 0.1) is 18.7 Å². The molecule has 12 rings (SSSR count). The molecule has 12 aromatic rings. The molecule has 0 fully saturated rings. The molecule has 13 nitrogen and oxygen atoms in total. The number of hydrogen-bond donors (Lipinski definition) is 4. The lowest BCUT2D eigenvalue weighted by molar-refractivity contribution is -0.137. The van der Waals surface area contributed by atoms with E-state index >= 15 is 0 Å². The fourth-order valence-electron chi connectivity index (χ4n) is 10.9. The molecule has 4 N–H and O–H groups in total. The van der Waals surface area contributed by atoms with Crippen LogP contribution >= 0.6 is 22.7 Å². The quantitative estimate of drug-likeness (QED) is 0.0243. The molecule has 0 spiro atoms. The molecule has 0 saturated carbocycles. The van der Waals surface area contributed by atoms with Crippen LogP contribution in [0.3, 0.4) is 0 Å². The molecular weight excluding hydrogens is 1340 g/mol. The number of aromatic hydroxyl groups is 4. The number of benzene rings is 8. The number of nitrogens with zero attached hydrogens (tertiary/aromatic N) is 8. The number of phenols is 4. The molecule has 0 radical (unpaired) electrons. The molecule has 0 unspecified atom stereocenters. The number of Topliss-reactive ketones (excluding diaryl/α,β-unsaturated/α-hetero) is 1. The summed E-state index contributed by atoms with van der Waals surface area (Å²) in [5.41, 5.74) is 11.2. The van der Waals surface area contributed by atoms with Gasteiger partial charge < -0.3 is 20.4 Å². The second-order valence-corrected chi connectivity index (χ2v) is 26.5. The van der Waals surface area contributed by atoms with Crippen molar-refractivity contribution in [2.45, 2.75) is 105 Å². The number of carbonyl (C=O) groups excluding carboxylic acids is 1. The molecule has 0 atom stereocenters. The first-order chi connectivity index (χ1) is 49.1. The maximum absolute atomic E-state index is 14.1. The first-order valence-corrected chi connectivity index (χ1v) is 34.4. The number of pyridine rings is 2. The summed E-state index contributed by atoms with van der Waals surface area (Å²) in [6.07, 6.45) is 4.44. The SMILES string of the molecule is CC(=O)c1csc(CN(Cc2cccc(C(F)(F)F)c2)Cc2ccccc2F)n1.Cc1ccc(CN(Cc2ccc(F)cc2)Cc2nccs2)cc1.Cc1ccc(CN(Cc2ccncc2)Cc2ccc(F)cc2)cc1.Oc1ccc(O)c(CN(Cc2ccncc2)Cc2cc(O)ccc2O)c1. The number of phenolic OH excluding ortho intramolecular Hbond substituents is 4. The zero-order valence-corrected chi connectivity index (χ0v) is 58.1. The molecule has 526 valence electrons. The Kier molecular flexibility index (Phi) is 28.1. The summed E-state index contributed by atoms with van der Waals surface area (Å²) >= 11 is 2.96. The van der Waals surface area contributed by atoms with E-state index in [4.69, 9.17) is 0 Å². The van der Waals surface area contributed by atoms with Crippen LogP contribution in [0, 0.1) is 31.3 Å². The number of ketones is 1. The molecule has 0 aliphatic heterocycles. The van der Waals surface area contributed by atoms with Gasteiger partial charge in [0, 0.05) is 131 Å². The van der Waals surface area contributed by atoms with Crippen LogP contribution in [0.1, 0.15) is 99.8 Å². The number of thiazole rings is 2. The highest BCUT2D eigenvalue weighted by Gasteiger charge is 2.30. The first-order valence-electron chi connectivity index (χ1n) is 32.6. The van der Waals surface area contributed by atoms with Crippen molar-refractivity contribution in [3.8, 4) is 23.0 Å². The third kappa shape index (κ3) is 25.3. The summed E-state index contributed by atoms with van der Waals surface area (Å²) in [6.45, 7) is 12.3. The third-order valence-corrected chi connectivity index (χ3v) is 17.6. The Bertz CT molecular complexity index is 4370. The van der Waals surface area contributed by atoms with Gasteiger partial charge >= 0.3 is 6.18 Å². The Labute approximate surface area is 598 Å². The number of hydrogen-bond acceptors (Lipinski definition) is 15. The van der Waals surface area contributed by atoms with Crippen LogP contribution in [0.4, 0.5) is 26.3 Å². The Morgan fingerprint density at radius 3 is 1.26 bits per heavy atom. The van der Waals surface area contributed by atoms with Crippen LogP contribution in [0.25, 0.3) is 0 Å². The molecule has 4 heterocycles. The second kappa shape index (κ2) is 37.9. The van der Waals surface area contributed by atoms with E-state index in [2.05, 4.69) is 92.1 Å². The minimum absolute atomic E-state index is 0.0712. The van der Waals surface area contributed by atoms with Crippen LogP contribution in [-0.2, 0) is 84.7 Å². The zero-order valence-electron chi connectivity index (χ0n) is 56.5. The summed E-state index contributed by atoms with van der Waals surface area (Å²) in [5.74, 6) is -0.623. The summed E-state index contributed by atoms with van der Waals surface area (Å²) in [4.78, 5) is 36.7. The van der Waals surface area contributed by atoms with Gasteiger partial charge in [-0.1, -0.05) is 120 Å². The van der Waals surface area contributed by atoms with Crippen molar-refractivity contribution in [3.05, 3.63) is 353 Å². The average Bonchev–Trinajstić information content (AvgIpc) is 1.85. The van der Waals surface area contributed by atoms with Crippen molar-refractivity contribution < 1.29 is 51.6 Å². The van der Waals surface area contributed by atoms with Gasteiger partial charge in [-0.15, -0.1) is 22.7 Å². The number of aryl methyl sites for hydroxylation is 2. The first kappa shape index (κ1) is 75.8. The smallest absolute Gasteiger partial charge is 0.416 e. The summed E-state index contributed by atoms with van der Waals surface area (Å²) in [7, 11) is 0. The second-order valence-electron chi connectivity index (χ2n) is 24.5. The van der Waals surface area contributed by atoms with E-state index in [0.29, 0.717) is 52.6 Å². The van der Waals surface area contributed by atoms with Crippen molar-refractivity contribution in [2.75, 3.05) is 0 Å². The molecule has 4 aromatic heterocycles. The number of rotatable bonds is 25. The fraction of sp³-hybridized carbons (Fsp3) is 0.198. The highest BCUT2D eigenvalue weighted by molar-refractivity contribution is 7.10. The van der Waals surface area contributed by atoms with E-state index in [1.165, 1.54) is 119 Å². The highest BCUT2D eigenvalue weighted by Crippen LogP contribution is 2.32. The summed E-state index contributed by atoms with van der Waals surface area (Å²) in [6, 6.07) is 58.6. The van der Waals surface area contributed by atoms with Crippen LogP contribution < -0.4 is 0 Å². The lowest BCUT2D eigenvalue weighted by Crippen LogP contribution is -2.23. The predicted octanol–water partition coefficient (Wildman–Crippen LogP) is 18.3. The number of aromatic nitrogens is 4. The van der Waals surface area contributed by atoms with E-state index in [-0.39, 0.29) is 65.9 Å². The molecule has 0 aliphatic carbocycles. The Morgan fingerprint density at radius 2 is 0.824 bits per heavy atom. The standard InChI is InChI=1S/C21H18F4N2OS.C21H21FN2.C20H20N2O4.C19H19FN2S/c1-14(28)19-13-29-20(26-19)12-27(11-16-6-2-3-8-18(16)22)10-15-5-4-7-17(9-15)21(23,24)25;1-17-2-4-18(5-3-17)14-24(16-20-10-12-23-13-11-20)15-19-6-8-21(22)9-7-19;23-17-1-3-19(25)15(9-17)12-22(11-14-5-7-21-8-6-14)13-16-10-18(24)2-4-20(16)26;1-15-2-4-16(5-3-15)12-22(14-19-21-10-11-23-19)13-17-6-8-18(20)9-7-17/h2-9,13H,10-12H2,1H3;2-13H,14-16H2,1H3;1-10,23-26H,11-13H2;2-11H,12-14H2,1H3. The van der Waals surface area contributed by atoms with Crippen molar-refractivity contribution in [1.82, 2.24) is 39.5 Å². The fourth-order valence-corrected chi connectivity index (χ4v) is 12.4. The van der Waals surface area contributed by atoms with Gasteiger partial charge in [0.15, 0.2) is 5.78 Å². The van der Waals surface area contributed by atoms with Crippen LogP contribution in [-0.4, -0.2) is 65.7 Å². The minimum atomic E-state index is -4.43. The largest absolute Gasteiger partial charge is 0.508 e.